The van der Waals surface area contributed by atoms with Gasteiger partial charge < -0.3 is 14.5 Å². The van der Waals surface area contributed by atoms with Crippen molar-refractivity contribution in [2.75, 3.05) is 7.11 Å². The first-order valence-electron chi connectivity index (χ1n) is 6.67. The molecule has 1 heterocycles. The molecule has 3 aromatic rings. The van der Waals surface area contributed by atoms with E-state index in [-0.39, 0.29) is 0 Å². The summed E-state index contributed by atoms with van der Waals surface area (Å²) in [5, 5.41) is 4.52. The molecule has 1 N–H and O–H groups in total. The molecule has 1 aromatic heterocycles. The van der Waals surface area contributed by atoms with Crippen LogP contribution in [0.15, 0.2) is 59.0 Å². The number of furan rings is 1. The highest BCUT2D eigenvalue weighted by molar-refractivity contribution is 5.77. The van der Waals surface area contributed by atoms with E-state index >= 15 is 0 Å². The largest absolute Gasteiger partial charge is 0.496 e. The van der Waals surface area contributed by atoms with Crippen molar-refractivity contribution >= 4 is 11.0 Å². The third kappa shape index (κ3) is 2.68. The molecule has 3 nitrogen and oxygen atoms in total. The molecule has 3 heteroatoms. The van der Waals surface area contributed by atoms with Crippen LogP contribution in [-0.4, -0.2) is 7.11 Å². The maximum atomic E-state index is 5.77. The second kappa shape index (κ2) is 5.80. The highest BCUT2D eigenvalue weighted by Gasteiger charge is 2.04. The lowest BCUT2D eigenvalue weighted by molar-refractivity contribution is 0.406. The van der Waals surface area contributed by atoms with E-state index in [0.717, 1.165) is 34.6 Å². The van der Waals surface area contributed by atoms with Gasteiger partial charge in [-0.1, -0.05) is 36.4 Å². The number of nitrogens with one attached hydrogen (secondary N) is 1. The van der Waals surface area contributed by atoms with E-state index in [4.69, 9.17) is 9.15 Å². The molecule has 20 heavy (non-hydrogen) atoms. The SMILES string of the molecule is COc1ccccc1CNCc1cc2ccccc2o1. The number of hydrogen-bond acceptors (Lipinski definition) is 3. The molecule has 0 aliphatic heterocycles. The van der Waals surface area contributed by atoms with Gasteiger partial charge in [-0.3, -0.25) is 0 Å². The van der Waals surface area contributed by atoms with E-state index in [1.807, 2.05) is 36.4 Å². The number of ether oxygens (including phenoxy) is 1. The summed E-state index contributed by atoms with van der Waals surface area (Å²) in [6.07, 6.45) is 0. The monoisotopic (exact) mass is 267 g/mol. The van der Waals surface area contributed by atoms with Gasteiger partial charge in [0.2, 0.25) is 0 Å². The van der Waals surface area contributed by atoms with Gasteiger partial charge in [-0.15, -0.1) is 0 Å². The Bertz CT molecular complexity index is 670. The summed E-state index contributed by atoms with van der Waals surface area (Å²) in [4.78, 5) is 0. The Labute approximate surface area is 118 Å². The molecule has 0 atom stereocenters. The van der Waals surface area contributed by atoms with Crippen molar-refractivity contribution in [3.63, 3.8) is 0 Å². The lowest BCUT2D eigenvalue weighted by atomic mass is 10.2. The predicted molar refractivity (Wildman–Crippen MR) is 79.8 cm³/mol. The Morgan fingerprint density at radius 2 is 1.80 bits per heavy atom. The summed E-state index contributed by atoms with van der Waals surface area (Å²) in [6, 6.07) is 18.1. The van der Waals surface area contributed by atoms with Crippen molar-refractivity contribution < 1.29 is 9.15 Å². The van der Waals surface area contributed by atoms with Gasteiger partial charge in [0.25, 0.3) is 0 Å². The molecule has 0 unspecified atom stereocenters. The van der Waals surface area contributed by atoms with Crippen molar-refractivity contribution in [2.24, 2.45) is 0 Å². The quantitative estimate of drug-likeness (QED) is 0.765. The van der Waals surface area contributed by atoms with Crippen LogP contribution in [0.25, 0.3) is 11.0 Å². The molecule has 0 aliphatic carbocycles. The van der Waals surface area contributed by atoms with Crippen molar-refractivity contribution in [3.05, 3.63) is 65.9 Å². The molecule has 0 aliphatic rings. The predicted octanol–water partition coefficient (Wildman–Crippen LogP) is 3.73. The Balaban J connectivity index is 1.65. The Morgan fingerprint density at radius 3 is 2.65 bits per heavy atom. The molecular weight excluding hydrogens is 250 g/mol. The molecule has 3 rings (SSSR count). The summed E-state index contributed by atoms with van der Waals surface area (Å²) < 4.78 is 11.1. The molecule has 2 aromatic carbocycles. The Kier molecular flexibility index (Phi) is 3.70. The van der Waals surface area contributed by atoms with Crippen LogP contribution >= 0.6 is 0 Å². The van der Waals surface area contributed by atoms with E-state index in [0.29, 0.717) is 6.54 Å². The zero-order valence-corrected chi connectivity index (χ0v) is 11.4. The summed E-state index contributed by atoms with van der Waals surface area (Å²) >= 11 is 0. The second-order valence-corrected chi connectivity index (χ2v) is 4.67. The first-order valence-corrected chi connectivity index (χ1v) is 6.67. The second-order valence-electron chi connectivity index (χ2n) is 4.67. The highest BCUT2D eigenvalue weighted by atomic mass is 16.5. The van der Waals surface area contributed by atoms with Crippen molar-refractivity contribution in [1.29, 1.82) is 0 Å². The topological polar surface area (TPSA) is 34.4 Å². The molecular formula is C17H17NO2. The Hall–Kier alpha value is -2.26. The smallest absolute Gasteiger partial charge is 0.134 e. The molecule has 0 bridgehead atoms. The average molecular weight is 267 g/mol. The van der Waals surface area contributed by atoms with Crippen LogP contribution in [0, 0.1) is 0 Å². The first kappa shape index (κ1) is 12.8. The van der Waals surface area contributed by atoms with Crippen LogP contribution in [0.1, 0.15) is 11.3 Å². The average Bonchev–Trinajstić information content (AvgIpc) is 2.90. The first-order chi connectivity index (χ1) is 9.86. The van der Waals surface area contributed by atoms with Gasteiger partial charge >= 0.3 is 0 Å². The number of hydrogen-bond donors (Lipinski definition) is 1. The van der Waals surface area contributed by atoms with Crippen LogP contribution in [0.2, 0.25) is 0 Å². The minimum atomic E-state index is 0.701. The van der Waals surface area contributed by atoms with Crippen LogP contribution in [0.4, 0.5) is 0 Å². The molecule has 0 saturated carbocycles. The van der Waals surface area contributed by atoms with Gasteiger partial charge in [0.1, 0.15) is 17.1 Å². The van der Waals surface area contributed by atoms with Gasteiger partial charge in [0, 0.05) is 17.5 Å². The summed E-state index contributed by atoms with van der Waals surface area (Å²) in [7, 11) is 1.69. The highest BCUT2D eigenvalue weighted by Crippen LogP contribution is 2.19. The third-order valence-electron chi connectivity index (χ3n) is 3.28. The van der Waals surface area contributed by atoms with E-state index in [1.54, 1.807) is 7.11 Å². The van der Waals surface area contributed by atoms with Crippen LogP contribution in [0.3, 0.4) is 0 Å². The molecule has 102 valence electrons. The van der Waals surface area contributed by atoms with E-state index in [9.17, 15) is 0 Å². The van der Waals surface area contributed by atoms with Gasteiger partial charge in [0.15, 0.2) is 0 Å². The van der Waals surface area contributed by atoms with Crippen LogP contribution < -0.4 is 10.1 Å². The van der Waals surface area contributed by atoms with Gasteiger partial charge in [0.05, 0.1) is 13.7 Å². The zero-order chi connectivity index (χ0) is 13.8. The summed E-state index contributed by atoms with van der Waals surface area (Å²) in [6.45, 7) is 1.45. The standard InChI is InChI=1S/C17H17NO2/c1-19-16-8-4-3-7-14(16)11-18-12-15-10-13-6-2-5-9-17(13)20-15/h2-10,18H,11-12H2,1H3. The Morgan fingerprint density at radius 1 is 1.00 bits per heavy atom. The summed E-state index contributed by atoms with van der Waals surface area (Å²) in [5.41, 5.74) is 2.08. The maximum absolute atomic E-state index is 5.77. The van der Waals surface area contributed by atoms with Gasteiger partial charge in [-0.05, 0) is 18.2 Å². The fourth-order valence-electron chi connectivity index (χ4n) is 2.29. The van der Waals surface area contributed by atoms with E-state index < -0.39 is 0 Å². The third-order valence-corrected chi connectivity index (χ3v) is 3.28. The molecule has 0 fully saturated rings. The van der Waals surface area contributed by atoms with Gasteiger partial charge in [-0.2, -0.15) is 0 Å². The lowest BCUT2D eigenvalue weighted by Crippen LogP contribution is -2.12. The number of methoxy groups -OCH3 is 1. The lowest BCUT2D eigenvalue weighted by Gasteiger charge is -2.08. The summed E-state index contributed by atoms with van der Waals surface area (Å²) in [5.74, 6) is 1.85. The van der Waals surface area contributed by atoms with Crippen LogP contribution in [0.5, 0.6) is 5.75 Å². The molecule has 0 spiro atoms. The number of fused-ring (bicyclic) bond motifs is 1. The minimum Gasteiger partial charge on any atom is -0.496 e. The molecule has 0 radical (unpaired) electrons. The van der Waals surface area contributed by atoms with Gasteiger partial charge in [-0.25, -0.2) is 0 Å². The molecule has 0 amide bonds. The van der Waals surface area contributed by atoms with Crippen molar-refractivity contribution in [3.8, 4) is 5.75 Å². The maximum Gasteiger partial charge on any atom is 0.134 e. The number of rotatable bonds is 5. The number of benzene rings is 2. The minimum absolute atomic E-state index is 0.701. The van der Waals surface area contributed by atoms with Crippen molar-refractivity contribution in [1.82, 2.24) is 5.32 Å². The van der Waals surface area contributed by atoms with Crippen molar-refractivity contribution in [2.45, 2.75) is 13.1 Å². The van der Waals surface area contributed by atoms with E-state index in [2.05, 4.69) is 23.5 Å². The molecule has 0 saturated heterocycles. The zero-order valence-electron chi connectivity index (χ0n) is 11.4. The van der Waals surface area contributed by atoms with E-state index in [1.165, 1.54) is 0 Å². The fourth-order valence-corrected chi connectivity index (χ4v) is 2.29. The fraction of sp³-hybridized carbons (Fsp3) is 0.176. The normalized spacial score (nSPS) is 10.8. The van der Waals surface area contributed by atoms with Crippen LogP contribution in [-0.2, 0) is 13.1 Å². The number of para-hydroxylation sites is 2.